The van der Waals surface area contributed by atoms with Gasteiger partial charge in [0.05, 0.1) is 5.38 Å². The van der Waals surface area contributed by atoms with Gasteiger partial charge in [-0.25, -0.2) is 0 Å². The average molecular weight is 184 g/mol. The number of allylic oxidation sites excluding steroid dienone is 1. The van der Waals surface area contributed by atoms with Crippen LogP contribution in [0.1, 0.15) is 19.5 Å². The maximum absolute atomic E-state index is 5.92. The lowest BCUT2D eigenvalue weighted by atomic mass is 10.2. The molecule has 0 N–H and O–H groups in total. The maximum atomic E-state index is 5.92. The van der Waals surface area contributed by atoms with Crippen molar-refractivity contribution < 1.29 is 0 Å². The van der Waals surface area contributed by atoms with Crippen molar-refractivity contribution in [1.82, 2.24) is 4.57 Å². The molecule has 1 nitrogen and oxygen atoms in total. The van der Waals surface area contributed by atoms with E-state index in [1.54, 1.807) is 0 Å². The molecule has 0 aliphatic rings. The second-order valence-corrected chi connectivity index (χ2v) is 3.70. The Hall–Kier alpha value is -0.690. The maximum Gasteiger partial charge on any atom is 0.0518 e. The summed E-state index contributed by atoms with van der Waals surface area (Å²) in [6, 6.07) is 4.10. The van der Waals surface area contributed by atoms with E-state index < -0.39 is 0 Å². The minimum absolute atomic E-state index is 0.111. The summed E-state index contributed by atoms with van der Waals surface area (Å²) >= 11 is 5.92. The van der Waals surface area contributed by atoms with Crippen LogP contribution in [0.5, 0.6) is 0 Å². The fourth-order valence-electron chi connectivity index (χ4n) is 0.972. The van der Waals surface area contributed by atoms with Crippen LogP contribution in [0.15, 0.2) is 23.9 Å². The lowest BCUT2D eigenvalue weighted by molar-refractivity contribution is 0.912. The highest BCUT2D eigenvalue weighted by atomic mass is 35.5. The van der Waals surface area contributed by atoms with Gasteiger partial charge in [0, 0.05) is 18.9 Å². The first-order chi connectivity index (χ1) is 5.61. The molecule has 0 bridgehead atoms. The van der Waals surface area contributed by atoms with Gasteiger partial charge < -0.3 is 4.57 Å². The number of rotatable bonds is 2. The SMILES string of the molecule is C/C(=C\c1cccn1C)C(C)Cl. The second kappa shape index (κ2) is 3.81. The molecule has 1 heterocycles. The quantitative estimate of drug-likeness (QED) is 0.622. The van der Waals surface area contributed by atoms with Crippen molar-refractivity contribution in [3.05, 3.63) is 29.6 Å². The van der Waals surface area contributed by atoms with Crippen molar-refractivity contribution in [1.29, 1.82) is 0 Å². The summed E-state index contributed by atoms with van der Waals surface area (Å²) in [7, 11) is 2.03. The van der Waals surface area contributed by atoms with Crippen LogP contribution in [0.3, 0.4) is 0 Å². The summed E-state index contributed by atoms with van der Waals surface area (Å²) in [5.41, 5.74) is 2.39. The Bertz CT molecular complexity index is 284. The largest absolute Gasteiger partial charge is 0.351 e. The molecule has 1 rings (SSSR count). The van der Waals surface area contributed by atoms with Gasteiger partial charge in [0.2, 0.25) is 0 Å². The molecule has 0 aromatic carbocycles. The molecule has 12 heavy (non-hydrogen) atoms. The molecular weight excluding hydrogens is 170 g/mol. The first-order valence-electron chi connectivity index (χ1n) is 4.05. The first-order valence-corrected chi connectivity index (χ1v) is 4.48. The van der Waals surface area contributed by atoms with Crippen molar-refractivity contribution in [2.75, 3.05) is 0 Å². The number of alkyl halides is 1. The monoisotopic (exact) mass is 183 g/mol. The Kier molecular flexibility index (Phi) is 2.99. The Labute approximate surface area is 78.7 Å². The normalized spacial score (nSPS) is 14.8. The zero-order valence-corrected chi connectivity index (χ0v) is 8.47. The van der Waals surface area contributed by atoms with E-state index in [9.17, 15) is 0 Å². The van der Waals surface area contributed by atoms with E-state index in [0.717, 1.165) is 0 Å². The number of aryl methyl sites for hydroxylation is 1. The van der Waals surface area contributed by atoms with Crippen LogP contribution in [0.4, 0.5) is 0 Å². The molecule has 0 amide bonds. The molecule has 1 unspecified atom stereocenters. The van der Waals surface area contributed by atoms with Crippen LogP contribution in [0, 0.1) is 0 Å². The lowest BCUT2D eigenvalue weighted by Crippen LogP contribution is -1.94. The van der Waals surface area contributed by atoms with Crippen LogP contribution in [0.25, 0.3) is 6.08 Å². The highest BCUT2D eigenvalue weighted by molar-refractivity contribution is 6.22. The summed E-state index contributed by atoms with van der Waals surface area (Å²) in [6.07, 6.45) is 4.13. The van der Waals surface area contributed by atoms with Gasteiger partial charge in [-0.1, -0.05) is 5.57 Å². The van der Waals surface area contributed by atoms with E-state index in [1.165, 1.54) is 11.3 Å². The summed E-state index contributed by atoms with van der Waals surface area (Å²) in [6.45, 7) is 4.03. The Morgan fingerprint density at radius 1 is 1.67 bits per heavy atom. The van der Waals surface area contributed by atoms with Crippen molar-refractivity contribution in [3.63, 3.8) is 0 Å². The summed E-state index contributed by atoms with van der Waals surface area (Å²) < 4.78 is 2.07. The van der Waals surface area contributed by atoms with Gasteiger partial charge in [-0.15, -0.1) is 11.6 Å². The Morgan fingerprint density at radius 2 is 2.33 bits per heavy atom. The predicted molar refractivity (Wildman–Crippen MR) is 54.4 cm³/mol. The molecule has 0 spiro atoms. The molecule has 1 aromatic rings. The average Bonchev–Trinajstić information content (AvgIpc) is 2.36. The lowest BCUT2D eigenvalue weighted by Gasteiger charge is -2.03. The van der Waals surface area contributed by atoms with Crippen LogP contribution in [0.2, 0.25) is 0 Å². The van der Waals surface area contributed by atoms with Crippen LogP contribution in [-0.4, -0.2) is 9.94 Å². The third-order valence-corrected chi connectivity index (χ3v) is 2.33. The second-order valence-electron chi connectivity index (χ2n) is 3.05. The number of aromatic nitrogens is 1. The fourth-order valence-corrected chi connectivity index (χ4v) is 1.04. The van der Waals surface area contributed by atoms with Gasteiger partial charge in [-0.05, 0) is 32.1 Å². The summed E-state index contributed by atoms with van der Waals surface area (Å²) in [5.74, 6) is 0. The van der Waals surface area contributed by atoms with Gasteiger partial charge in [0.1, 0.15) is 0 Å². The summed E-state index contributed by atoms with van der Waals surface area (Å²) in [4.78, 5) is 0. The number of hydrogen-bond acceptors (Lipinski definition) is 0. The predicted octanol–water partition coefficient (Wildman–Crippen LogP) is 3.06. The van der Waals surface area contributed by atoms with Crippen molar-refractivity contribution in [2.45, 2.75) is 19.2 Å². The molecule has 0 aliphatic carbocycles. The van der Waals surface area contributed by atoms with Crippen molar-refractivity contribution in [2.24, 2.45) is 7.05 Å². The standard InChI is InChI=1S/C10H14ClN/c1-8(9(2)11)7-10-5-4-6-12(10)3/h4-7,9H,1-3H3/b8-7+. The van der Waals surface area contributed by atoms with Crippen LogP contribution >= 0.6 is 11.6 Å². The van der Waals surface area contributed by atoms with E-state index in [4.69, 9.17) is 11.6 Å². The van der Waals surface area contributed by atoms with Gasteiger partial charge in [-0.2, -0.15) is 0 Å². The van der Waals surface area contributed by atoms with Gasteiger partial charge in [-0.3, -0.25) is 0 Å². The summed E-state index contributed by atoms with van der Waals surface area (Å²) in [5, 5.41) is 0.111. The molecular formula is C10H14ClN. The molecule has 0 saturated carbocycles. The highest BCUT2D eigenvalue weighted by Gasteiger charge is 1.99. The van der Waals surface area contributed by atoms with E-state index >= 15 is 0 Å². The zero-order valence-electron chi connectivity index (χ0n) is 7.71. The van der Waals surface area contributed by atoms with E-state index in [2.05, 4.69) is 16.7 Å². The van der Waals surface area contributed by atoms with Crippen molar-refractivity contribution in [3.8, 4) is 0 Å². The molecule has 2 heteroatoms. The third-order valence-electron chi connectivity index (χ3n) is 1.99. The molecule has 66 valence electrons. The van der Waals surface area contributed by atoms with Gasteiger partial charge in [0.25, 0.3) is 0 Å². The van der Waals surface area contributed by atoms with Gasteiger partial charge >= 0.3 is 0 Å². The number of nitrogens with zero attached hydrogens (tertiary/aromatic N) is 1. The molecule has 1 aromatic heterocycles. The van der Waals surface area contributed by atoms with E-state index in [-0.39, 0.29) is 5.38 Å². The topological polar surface area (TPSA) is 4.93 Å². The van der Waals surface area contributed by atoms with E-state index in [1.807, 2.05) is 33.2 Å². The third kappa shape index (κ3) is 2.15. The molecule has 1 atom stereocenters. The van der Waals surface area contributed by atoms with Gasteiger partial charge in [0.15, 0.2) is 0 Å². The molecule has 0 aliphatic heterocycles. The highest BCUT2D eigenvalue weighted by Crippen LogP contribution is 2.13. The van der Waals surface area contributed by atoms with E-state index in [0.29, 0.717) is 0 Å². The minimum Gasteiger partial charge on any atom is -0.351 e. The number of hydrogen-bond donors (Lipinski definition) is 0. The number of halogens is 1. The smallest absolute Gasteiger partial charge is 0.0518 e. The van der Waals surface area contributed by atoms with Crippen molar-refractivity contribution >= 4 is 17.7 Å². The minimum atomic E-state index is 0.111. The Balaban J connectivity index is 2.87. The van der Waals surface area contributed by atoms with Crippen LogP contribution < -0.4 is 0 Å². The Morgan fingerprint density at radius 3 is 2.75 bits per heavy atom. The van der Waals surface area contributed by atoms with Crippen LogP contribution in [-0.2, 0) is 7.05 Å². The molecule has 0 fully saturated rings. The molecule has 0 radical (unpaired) electrons. The molecule has 0 saturated heterocycles. The zero-order chi connectivity index (χ0) is 9.14. The first kappa shape index (κ1) is 9.40. The fraction of sp³-hybridized carbons (Fsp3) is 0.400.